The van der Waals surface area contributed by atoms with Gasteiger partial charge in [0, 0.05) is 6.04 Å². The predicted molar refractivity (Wildman–Crippen MR) is 85.5 cm³/mol. The van der Waals surface area contributed by atoms with Crippen molar-refractivity contribution in [3.63, 3.8) is 0 Å². The first-order valence-electron chi connectivity index (χ1n) is 7.99. The Morgan fingerprint density at radius 2 is 2.14 bits per heavy atom. The molecule has 1 fully saturated rings. The van der Waals surface area contributed by atoms with E-state index in [0.717, 1.165) is 32.2 Å². The number of carbonyl (C=O) groups is 1. The zero-order valence-corrected chi connectivity index (χ0v) is 13.6. The summed E-state index contributed by atoms with van der Waals surface area (Å²) >= 11 is 0. The third kappa shape index (κ3) is 2.84. The summed E-state index contributed by atoms with van der Waals surface area (Å²) in [7, 11) is 0. The number of hydrogen-bond acceptors (Lipinski definition) is 2. The third-order valence-electron chi connectivity index (χ3n) is 4.95. The predicted octanol–water partition coefficient (Wildman–Crippen LogP) is 4.08. The van der Waals surface area contributed by atoms with Gasteiger partial charge in [-0.1, -0.05) is 37.1 Å². The number of likely N-dealkylation sites (tertiary alicyclic amines) is 1. The second-order valence-corrected chi connectivity index (χ2v) is 6.42. The molecule has 0 radical (unpaired) electrons. The Morgan fingerprint density at radius 3 is 2.76 bits per heavy atom. The van der Waals surface area contributed by atoms with Crippen molar-refractivity contribution in [2.75, 3.05) is 6.54 Å². The van der Waals surface area contributed by atoms with E-state index < -0.39 is 11.5 Å². The van der Waals surface area contributed by atoms with Gasteiger partial charge in [-0.15, -0.1) is 0 Å². The van der Waals surface area contributed by atoms with Crippen LogP contribution < -0.4 is 0 Å². The summed E-state index contributed by atoms with van der Waals surface area (Å²) in [5, 5.41) is 9.84. The Morgan fingerprint density at radius 1 is 1.43 bits per heavy atom. The van der Waals surface area contributed by atoms with E-state index in [-0.39, 0.29) is 6.04 Å². The van der Waals surface area contributed by atoms with E-state index in [1.807, 2.05) is 0 Å². The van der Waals surface area contributed by atoms with Crippen LogP contribution in [0.2, 0.25) is 0 Å². The molecule has 3 nitrogen and oxygen atoms in total. The standard InChI is InChI=1S/C18H27NO2/c1-5-9-18(17(20)21)10-6-11-19(18)15(4)16-12-13(2)7-8-14(16)3/h7-8,12,15H,5-6,9-11H2,1-4H3,(H,20,21). The van der Waals surface area contributed by atoms with E-state index in [4.69, 9.17) is 0 Å². The minimum Gasteiger partial charge on any atom is -0.480 e. The van der Waals surface area contributed by atoms with E-state index >= 15 is 0 Å². The molecule has 1 aromatic carbocycles. The maximum absolute atomic E-state index is 12.0. The zero-order chi connectivity index (χ0) is 15.6. The molecule has 0 amide bonds. The molecule has 1 aromatic rings. The quantitative estimate of drug-likeness (QED) is 0.887. The molecule has 1 aliphatic rings. The van der Waals surface area contributed by atoms with Crippen molar-refractivity contribution in [2.45, 2.75) is 65.0 Å². The molecular formula is C18H27NO2. The number of aryl methyl sites for hydroxylation is 2. The molecule has 1 N–H and O–H groups in total. The highest BCUT2D eigenvalue weighted by atomic mass is 16.4. The number of carboxylic acids is 1. The van der Waals surface area contributed by atoms with Gasteiger partial charge in [-0.25, -0.2) is 0 Å². The highest BCUT2D eigenvalue weighted by molar-refractivity contribution is 5.79. The molecule has 1 heterocycles. The van der Waals surface area contributed by atoms with E-state index in [1.54, 1.807) is 0 Å². The number of nitrogens with zero attached hydrogens (tertiary/aromatic N) is 1. The zero-order valence-electron chi connectivity index (χ0n) is 13.6. The summed E-state index contributed by atoms with van der Waals surface area (Å²) in [6, 6.07) is 6.61. The van der Waals surface area contributed by atoms with Crippen molar-refractivity contribution in [1.29, 1.82) is 0 Å². The molecule has 116 valence electrons. The summed E-state index contributed by atoms with van der Waals surface area (Å²) in [5.74, 6) is -0.654. The van der Waals surface area contributed by atoms with Crippen molar-refractivity contribution < 1.29 is 9.90 Å². The monoisotopic (exact) mass is 289 g/mol. The first-order valence-corrected chi connectivity index (χ1v) is 7.99. The van der Waals surface area contributed by atoms with Crippen molar-refractivity contribution in [2.24, 2.45) is 0 Å². The minimum absolute atomic E-state index is 0.148. The summed E-state index contributed by atoms with van der Waals surface area (Å²) in [6.45, 7) is 9.31. The molecule has 0 spiro atoms. The van der Waals surface area contributed by atoms with Crippen LogP contribution in [0.3, 0.4) is 0 Å². The van der Waals surface area contributed by atoms with Crippen molar-refractivity contribution in [3.8, 4) is 0 Å². The van der Waals surface area contributed by atoms with Gasteiger partial charge in [0.15, 0.2) is 0 Å². The Hall–Kier alpha value is -1.35. The normalized spacial score (nSPS) is 24.2. The van der Waals surface area contributed by atoms with E-state index in [0.29, 0.717) is 0 Å². The van der Waals surface area contributed by atoms with Gasteiger partial charge >= 0.3 is 5.97 Å². The number of benzene rings is 1. The van der Waals surface area contributed by atoms with Gasteiger partial charge in [-0.05, 0) is 57.7 Å². The maximum Gasteiger partial charge on any atom is 0.324 e. The molecule has 0 bridgehead atoms. The Kier molecular flexibility index (Phi) is 4.72. The fraction of sp³-hybridized carbons (Fsp3) is 0.611. The fourth-order valence-corrected chi connectivity index (χ4v) is 3.86. The largest absolute Gasteiger partial charge is 0.480 e. The molecule has 0 aromatic heterocycles. The highest BCUT2D eigenvalue weighted by Gasteiger charge is 2.48. The molecular weight excluding hydrogens is 262 g/mol. The minimum atomic E-state index is -0.676. The molecule has 0 saturated carbocycles. The second kappa shape index (κ2) is 6.18. The van der Waals surface area contributed by atoms with Crippen molar-refractivity contribution in [1.82, 2.24) is 4.90 Å². The smallest absolute Gasteiger partial charge is 0.324 e. The van der Waals surface area contributed by atoms with Gasteiger partial charge < -0.3 is 5.11 Å². The molecule has 1 aliphatic heterocycles. The third-order valence-corrected chi connectivity index (χ3v) is 4.95. The molecule has 0 aliphatic carbocycles. The maximum atomic E-state index is 12.0. The molecule has 21 heavy (non-hydrogen) atoms. The van der Waals surface area contributed by atoms with Gasteiger partial charge in [-0.3, -0.25) is 9.69 Å². The van der Waals surface area contributed by atoms with Gasteiger partial charge in [-0.2, -0.15) is 0 Å². The number of carboxylic acid groups (broad SMARTS) is 1. The highest BCUT2D eigenvalue weighted by Crippen LogP contribution is 2.40. The van der Waals surface area contributed by atoms with Crippen LogP contribution in [0.25, 0.3) is 0 Å². The summed E-state index contributed by atoms with van der Waals surface area (Å²) < 4.78 is 0. The SMILES string of the molecule is CCCC1(C(=O)O)CCCN1C(C)c1cc(C)ccc1C. The first-order chi connectivity index (χ1) is 9.92. The van der Waals surface area contributed by atoms with Gasteiger partial charge in [0.1, 0.15) is 5.54 Å². The van der Waals surface area contributed by atoms with Crippen LogP contribution in [0.1, 0.15) is 62.3 Å². The van der Waals surface area contributed by atoms with Crippen molar-refractivity contribution >= 4 is 5.97 Å². The van der Waals surface area contributed by atoms with Crippen LogP contribution in [0.4, 0.5) is 0 Å². The van der Waals surface area contributed by atoms with Crippen LogP contribution in [0, 0.1) is 13.8 Å². The van der Waals surface area contributed by atoms with E-state index in [1.165, 1.54) is 16.7 Å². The lowest BCUT2D eigenvalue weighted by molar-refractivity contribution is -0.151. The topological polar surface area (TPSA) is 40.5 Å². The van der Waals surface area contributed by atoms with Crippen LogP contribution >= 0.6 is 0 Å². The summed E-state index contributed by atoms with van der Waals surface area (Å²) in [6.07, 6.45) is 3.38. The molecule has 2 atom stereocenters. The first kappa shape index (κ1) is 16.0. The molecule has 1 saturated heterocycles. The van der Waals surface area contributed by atoms with Crippen LogP contribution in [-0.2, 0) is 4.79 Å². The Balaban J connectivity index is 2.38. The van der Waals surface area contributed by atoms with Gasteiger partial charge in [0.05, 0.1) is 0 Å². The van der Waals surface area contributed by atoms with Crippen LogP contribution in [-0.4, -0.2) is 28.1 Å². The summed E-state index contributed by atoms with van der Waals surface area (Å²) in [4.78, 5) is 14.2. The lowest BCUT2D eigenvalue weighted by Crippen LogP contribution is -2.51. The molecule has 3 heteroatoms. The number of aliphatic carboxylic acids is 1. The lowest BCUT2D eigenvalue weighted by Gasteiger charge is -2.39. The lowest BCUT2D eigenvalue weighted by atomic mass is 9.88. The Labute approximate surface area is 128 Å². The summed E-state index contributed by atoms with van der Waals surface area (Å²) in [5.41, 5.74) is 3.07. The average molecular weight is 289 g/mol. The fourth-order valence-electron chi connectivity index (χ4n) is 3.86. The molecule has 2 rings (SSSR count). The number of hydrogen-bond donors (Lipinski definition) is 1. The Bertz CT molecular complexity index is 526. The van der Waals surface area contributed by atoms with Gasteiger partial charge in [0.2, 0.25) is 0 Å². The molecule has 2 unspecified atom stereocenters. The number of rotatable bonds is 5. The van der Waals surface area contributed by atoms with Crippen LogP contribution in [0.15, 0.2) is 18.2 Å². The second-order valence-electron chi connectivity index (χ2n) is 6.42. The van der Waals surface area contributed by atoms with Crippen LogP contribution in [0.5, 0.6) is 0 Å². The van der Waals surface area contributed by atoms with Crippen molar-refractivity contribution in [3.05, 3.63) is 34.9 Å². The average Bonchev–Trinajstić information content (AvgIpc) is 2.86. The van der Waals surface area contributed by atoms with E-state index in [9.17, 15) is 9.90 Å². The van der Waals surface area contributed by atoms with E-state index in [2.05, 4.69) is 50.8 Å². The van der Waals surface area contributed by atoms with Gasteiger partial charge in [0.25, 0.3) is 0 Å².